The van der Waals surface area contributed by atoms with Gasteiger partial charge in [0.25, 0.3) is 5.91 Å². The lowest BCUT2D eigenvalue weighted by molar-refractivity contribution is -0.144. The first kappa shape index (κ1) is 21.7. The fourth-order valence-electron chi connectivity index (χ4n) is 3.06. The normalized spacial score (nSPS) is 14.3. The highest BCUT2D eigenvalue weighted by molar-refractivity contribution is 5.95. The van der Waals surface area contributed by atoms with E-state index in [9.17, 15) is 22.8 Å². The average Bonchev–Trinajstić information content (AvgIpc) is 3.33. The predicted octanol–water partition coefficient (Wildman–Crippen LogP) is 1.72. The molecule has 10 nitrogen and oxygen atoms in total. The van der Waals surface area contributed by atoms with Crippen LogP contribution in [-0.2, 0) is 22.6 Å². The van der Waals surface area contributed by atoms with E-state index in [4.69, 9.17) is 9.26 Å². The number of alkyl halides is 3. The van der Waals surface area contributed by atoms with Crippen LogP contribution in [0.5, 0.6) is 0 Å². The van der Waals surface area contributed by atoms with Crippen LogP contribution in [0.1, 0.15) is 46.1 Å². The summed E-state index contributed by atoms with van der Waals surface area (Å²) in [6.45, 7) is 1.16. The Bertz CT molecular complexity index is 1120. The largest absolute Gasteiger partial charge is 0.389 e. The summed E-state index contributed by atoms with van der Waals surface area (Å²) >= 11 is 0. The van der Waals surface area contributed by atoms with E-state index in [0.717, 1.165) is 0 Å². The summed E-state index contributed by atoms with van der Waals surface area (Å²) in [5.41, 5.74) is 2.50. The highest BCUT2D eigenvalue weighted by Crippen LogP contribution is 2.25. The van der Waals surface area contributed by atoms with E-state index in [1.54, 1.807) is 12.3 Å². The van der Waals surface area contributed by atoms with Crippen molar-refractivity contribution in [1.82, 2.24) is 30.4 Å². The maximum Gasteiger partial charge on any atom is 0.389 e. The van der Waals surface area contributed by atoms with Gasteiger partial charge in [0.05, 0.1) is 50.2 Å². The Balaban J connectivity index is 1.32. The quantitative estimate of drug-likeness (QED) is 0.533. The third kappa shape index (κ3) is 5.22. The molecule has 0 bridgehead atoms. The number of hydrogen-bond acceptors (Lipinski definition) is 7. The number of hydrogen-bond donors (Lipinski definition) is 2. The Labute approximate surface area is 179 Å². The second-order valence-corrected chi connectivity index (χ2v) is 7.32. The number of halogens is 3. The lowest BCUT2D eigenvalue weighted by Gasteiger charge is -2.24. The van der Waals surface area contributed by atoms with Crippen LogP contribution >= 0.6 is 0 Å². The van der Waals surface area contributed by atoms with Crippen LogP contribution < -0.4 is 10.6 Å². The fraction of sp³-hybridized carbons (Fsp3) is 0.421. The third-order valence-electron chi connectivity index (χ3n) is 4.85. The van der Waals surface area contributed by atoms with Gasteiger partial charge in [-0.1, -0.05) is 5.16 Å². The van der Waals surface area contributed by atoms with E-state index in [2.05, 4.69) is 25.9 Å². The molecule has 13 heteroatoms. The maximum atomic E-state index is 12.5. The van der Waals surface area contributed by atoms with Crippen molar-refractivity contribution < 1.29 is 32.0 Å². The highest BCUT2D eigenvalue weighted by atomic mass is 19.4. The van der Waals surface area contributed by atoms with Gasteiger partial charge in [-0.2, -0.15) is 18.3 Å². The molecule has 0 unspecified atom stereocenters. The second-order valence-electron chi connectivity index (χ2n) is 7.32. The van der Waals surface area contributed by atoms with Crippen molar-refractivity contribution >= 4 is 17.5 Å². The van der Waals surface area contributed by atoms with Crippen LogP contribution in [0.15, 0.2) is 29.2 Å². The van der Waals surface area contributed by atoms with Gasteiger partial charge in [0.1, 0.15) is 17.5 Å². The summed E-state index contributed by atoms with van der Waals surface area (Å²) < 4.78 is 48.1. The molecule has 0 saturated carbocycles. The Hall–Kier alpha value is -3.48. The van der Waals surface area contributed by atoms with Crippen molar-refractivity contribution in [2.75, 3.05) is 13.2 Å². The lowest BCUT2D eigenvalue weighted by Crippen LogP contribution is -2.29. The number of amides is 2. The van der Waals surface area contributed by atoms with E-state index in [1.807, 2.05) is 0 Å². The number of nitrogens with zero attached hydrogens (tertiary/aromatic N) is 4. The van der Waals surface area contributed by atoms with Gasteiger partial charge in [-0.05, 0) is 11.6 Å². The molecule has 1 fully saturated rings. The van der Waals surface area contributed by atoms with Crippen LogP contribution in [0.4, 0.5) is 13.2 Å². The highest BCUT2D eigenvalue weighted by Gasteiger charge is 2.29. The molecule has 1 aliphatic rings. The zero-order chi connectivity index (χ0) is 22.7. The molecular formula is C19H19F3N6O4. The molecule has 2 N–H and O–H groups in total. The van der Waals surface area contributed by atoms with Crippen molar-refractivity contribution in [1.29, 1.82) is 0 Å². The van der Waals surface area contributed by atoms with E-state index in [-0.39, 0.29) is 24.9 Å². The Morgan fingerprint density at radius 2 is 2.03 bits per heavy atom. The van der Waals surface area contributed by atoms with Gasteiger partial charge in [0.2, 0.25) is 5.91 Å². The molecule has 170 valence electrons. The first-order valence-electron chi connectivity index (χ1n) is 9.75. The SMILES string of the molecule is O=C(CCC(F)(F)F)NCc1cnn2cc(CNC(=O)c3conc3C3COC3)nc2c1. The maximum absolute atomic E-state index is 12.5. The smallest absolute Gasteiger partial charge is 0.380 e. The summed E-state index contributed by atoms with van der Waals surface area (Å²) in [5.74, 6) is -1.00. The number of aromatic nitrogens is 4. The monoisotopic (exact) mass is 452 g/mol. The predicted molar refractivity (Wildman–Crippen MR) is 101 cm³/mol. The number of rotatable bonds is 8. The van der Waals surface area contributed by atoms with Gasteiger partial charge in [-0.3, -0.25) is 9.59 Å². The molecule has 3 aromatic heterocycles. The van der Waals surface area contributed by atoms with Gasteiger partial charge < -0.3 is 19.9 Å². The molecule has 0 aliphatic carbocycles. The molecule has 0 atom stereocenters. The molecule has 0 aromatic carbocycles. The van der Waals surface area contributed by atoms with Crippen molar-refractivity contribution in [2.24, 2.45) is 0 Å². The molecule has 2 amide bonds. The molecule has 4 rings (SSSR count). The second kappa shape index (κ2) is 8.94. The summed E-state index contributed by atoms with van der Waals surface area (Å²) in [5, 5.41) is 13.2. The molecule has 3 aromatic rings. The van der Waals surface area contributed by atoms with Crippen LogP contribution in [0, 0.1) is 0 Å². The molecule has 32 heavy (non-hydrogen) atoms. The molecule has 1 aliphatic heterocycles. The summed E-state index contributed by atoms with van der Waals surface area (Å²) in [7, 11) is 0. The summed E-state index contributed by atoms with van der Waals surface area (Å²) in [6.07, 6.45) is -1.77. The zero-order valence-electron chi connectivity index (χ0n) is 16.7. The Kier molecular flexibility index (Phi) is 6.08. The molecule has 0 spiro atoms. The van der Waals surface area contributed by atoms with Gasteiger partial charge in [-0.25, -0.2) is 9.50 Å². The van der Waals surface area contributed by atoms with Crippen LogP contribution in [0.25, 0.3) is 5.65 Å². The van der Waals surface area contributed by atoms with Crippen molar-refractivity contribution in [2.45, 2.75) is 38.0 Å². The standard InChI is InChI=1S/C19H19F3N6O4/c20-19(21,22)2-1-16(29)23-4-11-3-15-26-13(7-28(15)25-5-11)6-24-18(30)14-10-32-27-17(14)12-8-31-9-12/h3,5,7,10,12H,1-2,4,6,8-9H2,(H,23,29)(H,24,30). The molecule has 4 heterocycles. The van der Waals surface area contributed by atoms with E-state index in [0.29, 0.717) is 41.4 Å². The lowest BCUT2D eigenvalue weighted by atomic mass is 10.0. The third-order valence-corrected chi connectivity index (χ3v) is 4.85. The van der Waals surface area contributed by atoms with E-state index < -0.39 is 24.9 Å². The van der Waals surface area contributed by atoms with Crippen molar-refractivity contribution in [3.63, 3.8) is 0 Å². The number of carbonyl (C=O) groups excluding carboxylic acids is 2. The minimum atomic E-state index is -4.37. The topological polar surface area (TPSA) is 124 Å². The van der Waals surface area contributed by atoms with Crippen LogP contribution in [0.3, 0.4) is 0 Å². The number of ether oxygens (including phenoxy) is 1. The molecular weight excluding hydrogens is 433 g/mol. The Morgan fingerprint density at radius 3 is 2.75 bits per heavy atom. The molecule has 1 saturated heterocycles. The number of nitrogens with one attached hydrogen (secondary N) is 2. The minimum absolute atomic E-state index is 0.0280. The van der Waals surface area contributed by atoms with E-state index in [1.165, 1.54) is 17.0 Å². The minimum Gasteiger partial charge on any atom is -0.380 e. The van der Waals surface area contributed by atoms with Gasteiger partial charge >= 0.3 is 6.18 Å². The summed E-state index contributed by atoms with van der Waals surface area (Å²) in [6, 6.07) is 1.65. The fourth-order valence-corrected chi connectivity index (χ4v) is 3.06. The number of fused-ring (bicyclic) bond motifs is 1. The summed E-state index contributed by atoms with van der Waals surface area (Å²) in [4.78, 5) is 28.4. The molecule has 0 radical (unpaired) electrons. The van der Waals surface area contributed by atoms with Crippen molar-refractivity contribution in [3.05, 3.63) is 47.2 Å². The van der Waals surface area contributed by atoms with Gasteiger partial charge in [0.15, 0.2) is 5.65 Å². The van der Waals surface area contributed by atoms with Crippen molar-refractivity contribution in [3.8, 4) is 0 Å². The van der Waals surface area contributed by atoms with Gasteiger partial charge in [-0.15, -0.1) is 0 Å². The first-order valence-corrected chi connectivity index (χ1v) is 9.75. The first-order chi connectivity index (χ1) is 15.3. The van der Waals surface area contributed by atoms with Crippen LogP contribution in [0.2, 0.25) is 0 Å². The Morgan fingerprint density at radius 1 is 1.22 bits per heavy atom. The zero-order valence-corrected chi connectivity index (χ0v) is 16.7. The number of imidazole rings is 1. The van der Waals surface area contributed by atoms with Crippen LogP contribution in [-0.4, -0.2) is 51.0 Å². The average molecular weight is 452 g/mol. The number of carbonyl (C=O) groups is 2. The van der Waals surface area contributed by atoms with E-state index >= 15 is 0 Å². The van der Waals surface area contributed by atoms with Gasteiger partial charge in [0, 0.05) is 13.0 Å².